The summed E-state index contributed by atoms with van der Waals surface area (Å²) in [6.07, 6.45) is 6.44. The average molecular weight is 587 g/mol. The zero-order chi connectivity index (χ0) is 25.8. The van der Waals surface area contributed by atoms with E-state index in [0.29, 0.717) is 35.7 Å². The molecule has 196 valence electrons. The van der Waals surface area contributed by atoms with Crippen LogP contribution in [-0.2, 0) is 20.9 Å². The Balaban J connectivity index is 1.16. The van der Waals surface area contributed by atoms with Crippen LogP contribution in [0.3, 0.4) is 0 Å². The largest absolute Gasteiger partial charge is 0.477 e. The van der Waals surface area contributed by atoms with E-state index in [1.165, 1.54) is 17.3 Å². The first-order valence-electron chi connectivity index (χ1n) is 12.7. The molecule has 2 fully saturated rings. The van der Waals surface area contributed by atoms with E-state index >= 15 is 0 Å². The molecule has 0 spiro atoms. The number of hydrogen-bond donors (Lipinski definition) is 2. The molecule has 10 heteroatoms. The Morgan fingerprint density at radius 2 is 2.03 bits per heavy atom. The van der Waals surface area contributed by atoms with E-state index in [4.69, 9.17) is 4.74 Å². The van der Waals surface area contributed by atoms with Crippen molar-refractivity contribution in [1.29, 1.82) is 0 Å². The molecule has 5 rings (SSSR count). The highest BCUT2D eigenvalue weighted by molar-refractivity contribution is 9.10. The summed E-state index contributed by atoms with van der Waals surface area (Å²) in [7, 11) is 1.97. The molecule has 1 saturated heterocycles. The molecule has 1 aromatic heterocycles. The number of carbonyl (C=O) groups excluding carboxylic acids is 2. The maximum absolute atomic E-state index is 12.2. The lowest BCUT2D eigenvalue weighted by Gasteiger charge is -2.32. The lowest BCUT2D eigenvalue weighted by Crippen LogP contribution is -2.35. The van der Waals surface area contributed by atoms with Gasteiger partial charge in [-0.3, -0.25) is 14.5 Å². The van der Waals surface area contributed by atoms with Crippen LogP contribution < -0.4 is 10.6 Å². The molecular formula is C27H32BrN5O3S. The van der Waals surface area contributed by atoms with Gasteiger partial charge in [0.2, 0.25) is 18.2 Å². The molecule has 3 heterocycles. The minimum Gasteiger partial charge on any atom is -0.477 e. The normalized spacial score (nSPS) is 20.7. The van der Waals surface area contributed by atoms with Crippen molar-refractivity contribution >= 4 is 45.8 Å². The number of aromatic nitrogens is 1. The van der Waals surface area contributed by atoms with Crippen LogP contribution in [0.2, 0.25) is 0 Å². The van der Waals surface area contributed by atoms with Gasteiger partial charge in [-0.1, -0.05) is 39.8 Å². The summed E-state index contributed by atoms with van der Waals surface area (Å²) in [4.78, 5) is 32.3. The fourth-order valence-electron chi connectivity index (χ4n) is 4.76. The van der Waals surface area contributed by atoms with Crippen molar-refractivity contribution in [3.05, 3.63) is 69.1 Å². The third-order valence-electron chi connectivity index (χ3n) is 7.01. The lowest BCUT2D eigenvalue weighted by atomic mass is 9.97. The number of ether oxygens (including phenoxy) is 1. The second-order valence-electron chi connectivity index (χ2n) is 9.88. The van der Waals surface area contributed by atoms with Crippen molar-refractivity contribution in [1.82, 2.24) is 20.1 Å². The minimum absolute atomic E-state index is 0.0326. The van der Waals surface area contributed by atoms with Crippen molar-refractivity contribution in [2.45, 2.75) is 37.6 Å². The van der Waals surface area contributed by atoms with Gasteiger partial charge in [-0.2, -0.15) is 0 Å². The molecule has 2 N–H and O–H groups in total. The van der Waals surface area contributed by atoms with E-state index in [1.54, 1.807) is 6.20 Å². The number of carbonyl (C=O) groups is 2. The molecular weight excluding hydrogens is 554 g/mol. The summed E-state index contributed by atoms with van der Waals surface area (Å²) in [6, 6.07) is 12.3. The van der Waals surface area contributed by atoms with Crippen LogP contribution in [0.25, 0.3) is 0 Å². The first kappa shape index (κ1) is 26.1. The summed E-state index contributed by atoms with van der Waals surface area (Å²) in [6.45, 7) is 3.65. The monoisotopic (exact) mass is 585 g/mol. The van der Waals surface area contributed by atoms with E-state index in [9.17, 15) is 9.59 Å². The second kappa shape index (κ2) is 11.9. The molecule has 1 saturated carbocycles. The van der Waals surface area contributed by atoms with Crippen LogP contribution in [0.15, 0.2) is 58.0 Å². The van der Waals surface area contributed by atoms with Crippen molar-refractivity contribution in [3.8, 4) is 0 Å². The third kappa shape index (κ3) is 6.66. The predicted octanol–water partition coefficient (Wildman–Crippen LogP) is 4.67. The fourth-order valence-corrected chi connectivity index (χ4v) is 6.39. The Morgan fingerprint density at radius 1 is 1.22 bits per heavy atom. The number of amides is 2. The molecule has 2 aromatic rings. The van der Waals surface area contributed by atoms with Crippen LogP contribution >= 0.6 is 27.7 Å². The summed E-state index contributed by atoms with van der Waals surface area (Å²) >= 11 is 5.08. The molecule has 0 bridgehead atoms. The maximum atomic E-state index is 12.2. The zero-order valence-corrected chi connectivity index (χ0v) is 23.3. The molecule has 2 amide bonds. The first-order valence-corrected chi connectivity index (χ1v) is 14.4. The van der Waals surface area contributed by atoms with Crippen molar-refractivity contribution in [2.24, 2.45) is 11.8 Å². The second-order valence-corrected chi connectivity index (χ2v) is 11.9. The summed E-state index contributed by atoms with van der Waals surface area (Å²) in [5, 5.41) is 6.35. The molecule has 1 unspecified atom stereocenters. The van der Waals surface area contributed by atoms with Crippen LogP contribution in [0.4, 0.5) is 5.82 Å². The van der Waals surface area contributed by atoms with Crippen molar-refractivity contribution < 1.29 is 14.3 Å². The van der Waals surface area contributed by atoms with Crippen LogP contribution in [-0.4, -0.2) is 53.8 Å². The van der Waals surface area contributed by atoms with Gasteiger partial charge in [0.05, 0.1) is 6.61 Å². The van der Waals surface area contributed by atoms with Gasteiger partial charge in [0.25, 0.3) is 0 Å². The molecule has 2 aliphatic heterocycles. The molecule has 1 aliphatic carbocycles. The molecule has 3 aliphatic rings. The molecule has 0 radical (unpaired) electrons. The first-order chi connectivity index (χ1) is 18.0. The third-order valence-corrected chi connectivity index (χ3v) is 8.85. The lowest BCUT2D eigenvalue weighted by molar-refractivity contribution is -0.117. The summed E-state index contributed by atoms with van der Waals surface area (Å²) in [5.41, 5.74) is 2.30. The van der Waals surface area contributed by atoms with Gasteiger partial charge in [0.15, 0.2) is 0 Å². The van der Waals surface area contributed by atoms with E-state index in [2.05, 4.69) is 60.7 Å². The maximum Gasteiger partial charge on any atom is 0.228 e. The van der Waals surface area contributed by atoms with Gasteiger partial charge in [-0.15, -0.1) is 0 Å². The SMILES string of the molecule is CN1C(OCC2CCN(Cc3cccc(Br)c3)CC2)=C(NC=O)SC1c1ccnc(NC(=O)C2CC2)c1. The molecule has 37 heavy (non-hydrogen) atoms. The zero-order valence-electron chi connectivity index (χ0n) is 20.9. The minimum atomic E-state index is -0.0935. The Morgan fingerprint density at radius 3 is 2.76 bits per heavy atom. The Kier molecular flexibility index (Phi) is 8.36. The number of thioether (sulfide) groups is 1. The van der Waals surface area contributed by atoms with Gasteiger partial charge in [-0.05, 0) is 80.1 Å². The number of nitrogens with zero attached hydrogens (tertiary/aromatic N) is 3. The smallest absolute Gasteiger partial charge is 0.228 e. The van der Waals surface area contributed by atoms with Crippen LogP contribution in [0, 0.1) is 11.8 Å². The number of likely N-dealkylation sites (tertiary alicyclic amines) is 1. The molecule has 1 aromatic carbocycles. The Bertz CT molecular complexity index is 1170. The number of anilines is 1. The molecule has 1 atom stereocenters. The Labute approximate surface area is 230 Å². The topological polar surface area (TPSA) is 86.8 Å². The van der Waals surface area contributed by atoms with Gasteiger partial charge in [0.1, 0.15) is 16.2 Å². The quantitative estimate of drug-likeness (QED) is 0.392. The highest BCUT2D eigenvalue weighted by Gasteiger charge is 2.34. The number of hydrogen-bond acceptors (Lipinski definition) is 7. The Hall–Kier alpha value is -2.56. The van der Waals surface area contributed by atoms with E-state index in [-0.39, 0.29) is 17.2 Å². The number of pyridine rings is 1. The van der Waals surface area contributed by atoms with Gasteiger partial charge in [-0.25, -0.2) is 4.98 Å². The van der Waals surface area contributed by atoms with Crippen molar-refractivity contribution in [3.63, 3.8) is 0 Å². The number of piperidine rings is 1. The number of nitrogens with one attached hydrogen (secondary N) is 2. The average Bonchev–Trinajstić information content (AvgIpc) is 3.70. The van der Waals surface area contributed by atoms with Crippen LogP contribution in [0.1, 0.15) is 42.2 Å². The standard InChI is InChI=1S/C27H32BrN5O3S/c1-32-26(36-16-18-8-11-33(12-9-18)15-19-3-2-4-22(28)13-19)25(30-17-34)37-27(32)21-7-10-29-23(14-21)31-24(35)20-5-6-20/h2-4,7,10,13-14,17-18,20,27H,5-6,8-9,11-12,15-16H2,1H3,(H,30,34)(H,29,31,35). The van der Waals surface area contributed by atoms with E-state index in [0.717, 1.165) is 55.4 Å². The number of halogens is 1. The van der Waals surface area contributed by atoms with Crippen LogP contribution in [0.5, 0.6) is 0 Å². The predicted molar refractivity (Wildman–Crippen MR) is 148 cm³/mol. The highest BCUT2D eigenvalue weighted by Crippen LogP contribution is 2.46. The highest BCUT2D eigenvalue weighted by atomic mass is 79.9. The van der Waals surface area contributed by atoms with E-state index < -0.39 is 0 Å². The summed E-state index contributed by atoms with van der Waals surface area (Å²) < 4.78 is 7.44. The van der Waals surface area contributed by atoms with Gasteiger partial charge >= 0.3 is 0 Å². The van der Waals surface area contributed by atoms with Gasteiger partial charge in [0, 0.05) is 30.2 Å². The number of benzene rings is 1. The van der Waals surface area contributed by atoms with Gasteiger partial charge < -0.3 is 20.3 Å². The fraction of sp³-hybridized carbons (Fsp3) is 0.444. The summed E-state index contributed by atoms with van der Waals surface area (Å²) in [5.74, 6) is 1.85. The van der Waals surface area contributed by atoms with E-state index in [1.807, 2.05) is 24.1 Å². The molecule has 8 nitrogen and oxygen atoms in total. The number of rotatable bonds is 10. The van der Waals surface area contributed by atoms with Crippen molar-refractivity contribution in [2.75, 3.05) is 32.1 Å².